The molecule has 6 heteroatoms. The van der Waals surface area contributed by atoms with E-state index in [0.717, 1.165) is 44.9 Å². The van der Waals surface area contributed by atoms with Crippen LogP contribution in [0.5, 0.6) is 5.75 Å². The molecule has 2 fully saturated rings. The minimum atomic E-state index is -0.107. The Kier molecular flexibility index (Phi) is 7.66. The maximum absolute atomic E-state index is 12.8. The SMILES string of the molecule is COc1ccc(C(CNC(=O)NCC2(c3ccccc3)CCOCC2)N2CCCC2)cc1. The highest BCUT2D eigenvalue weighted by molar-refractivity contribution is 5.74. The van der Waals surface area contributed by atoms with Crippen molar-refractivity contribution in [2.75, 3.05) is 46.5 Å². The molecule has 0 aromatic heterocycles. The molecule has 2 aliphatic heterocycles. The Morgan fingerprint density at radius 3 is 2.38 bits per heavy atom. The molecule has 1 unspecified atom stereocenters. The summed E-state index contributed by atoms with van der Waals surface area (Å²) in [5.41, 5.74) is 2.41. The third-order valence-electron chi connectivity index (χ3n) is 6.96. The molecule has 0 aliphatic carbocycles. The van der Waals surface area contributed by atoms with E-state index in [4.69, 9.17) is 9.47 Å². The lowest BCUT2D eigenvalue weighted by atomic mass is 9.74. The molecule has 32 heavy (non-hydrogen) atoms. The molecule has 2 aromatic rings. The zero-order valence-electron chi connectivity index (χ0n) is 19.0. The van der Waals surface area contributed by atoms with Crippen molar-refractivity contribution in [3.05, 3.63) is 65.7 Å². The Bertz CT molecular complexity index is 844. The number of carbonyl (C=O) groups excluding carboxylic acids is 1. The molecule has 0 spiro atoms. The lowest BCUT2D eigenvalue weighted by Gasteiger charge is -2.38. The number of rotatable bonds is 8. The zero-order valence-corrected chi connectivity index (χ0v) is 19.0. The van der Waals surface area contributed by atoms with Gasteiger partial charge in [-0.1, -0.05) is 42.5 Å². The van der Waals surface area contributed by atoms with E-state index in [1.165, 1.54) is 24.0 Å². The first kappa shape index (κ1) is 22.6. The summed E-state index contributed by atoms with van der Waals surface area (Å²) in [6.07, 6.45) is 4.25. The zero-order chi connectivity index (χ0) is 22.2. The highest BCUT2D eigenvalue weighted by atomic mass is 16.5. The van der Waals surface area contributed by atoms with Crippen molar-refractivity contribution in [1.82, 2.24) is 15.5 Å². The van der Waals surface area contributed by atoms with Crippen molar-refractivity contribution in [3.8, 4) is 5.75 Å². The first-order chi connectivity index (χ1) is 15.7. The van der Waals surface area contributed by atoms with Crippen LogP contribution in [0.1, 0.15) is 42.9 Å². The van der Waals surface area contributed by atoms with Gasteiger partial charge < -0.3 is 20.1 Å². The number of urea groups is 1. The lowest BCUT2D eigenvalue weighted by molar-refractivity contribution is 0.0506. The number of hydrogen-bond donors (Lipinski definition) is 2. The Morgan fingerprint density at radius 2 is 1.72 bits per heavy atom. The quantitative estimate of drug-likeness (QED) is 0.658. The summed E-state index contributed by atoms with van der Waals surface area (Å²) in [6, 6.07) is 18.8. The maximum Gasteiger partial charge on any atom is 0.314 e. The van der Waals surface area contributed by atoms with Gasteiger partial charge in [-0.15, -0.1) is 0 Å². The molecule has 2 aliphatic rings. The minimum absolute atomic E-state index is 0.0683. The smallest absolute Gasteiger partial charge is 0.314 e. The molecule has 2 saturated heterocycles. The number of amides is 2. The van der Waals surface area contributed by atoms with Crippen molar-refractivity contribution < 1.29 is 14.3 Å². The number of carbonyl (C=O) groups is 1. The summed E-state index contributed by atoms with van der Waals surface area (Å²) in [6.45, 7) is 4.79. The molecule has 4 rings (SSSR count). The molecule has 6 nitrogen and oxygen atoms in total. The number of hydrogen-bond acceptors (Lipinski definition) is 4. The van der Waals surface area contributed by atoms with Crippen LogP contribution in [-0.4, -0.2) is 57.4 Å². The molecule has 0 saturated carbocycles. The third kappa shape index (κ3) is 5.43. The fraction of sp³-hybridized carbons (Fsp3) is 0.500. The van der Waals surface area contributed by atoms with E-state index in [-0.39, 0.29) is 17.5 Å². The molecule has 2 amide bonds. The molecule has 0 radical (unpaired) electrons. The van der Waals surface area contributed by atoms with E-state index >= 15 is 0 Å². The summed E-state index contributed by atoms with van der Waals surface area (Å²) in [5.74, 6) is 0.849. The van der Waals surface area contributed by atoms with Gasteiger partial charge in [-0.05, 0) is 62.0 Å². The number of likely N-dealkylation sites (tertiary alicyclic amines) is 1. The van der Waals surface area contributed by atoms with Crippen molar-refractivity contribution in [2.45, 2.75) is 37.1 Å². The number of ether oxygens (including phenoxy) is 2. The van der Waals surface area contributed by atoms with Gasteiger partial charge in [0.05, 0.1) is 13.2 Å². The monoisotopic (exact) mass is 437 g/mol. The predicted molar refractivity (Wildman–Crippen MR) is 126 cm³/mol. The second-order valence-corrected chi connectivity index (χ2v) is 8.85. The van der Waals surface area contributed by atoms with Crippen molar-refractivity contribution in [3.63, 3.8) is 0 Å². The molecule has 2 aromatic carbocycles. The van der Waals surface area contributed by atoms with Gasteiger partial charge >= 0.3 is 6.03 Å². The van der Waals surface area contributed by atoms with Crippen molar-refractivity contribution in [2.24, 2.45) is 0 Å². The van der Waals surface area contributed by atoms with Crippen LogP contribution in [0.4, 0.5) is 4.79 Å². The molecule has 1 atom stereocenters. The third-order valence-corrected chi connectivity index (χ3v) is 6.96. The van der Waals surface area contributed by atoms with Gasteiger partial charge in [-0.3, -0.25) is 4.90 Å². The number of nitrogens with zero attached hydrogens (tertiary/aromatic N) is 1. The fourth-order valence-corrected chi connectivity index (χ4v) is 4.96. The average Bonchev–Trinajstić information content (AvgIpc) is 3.39. The van der Waals surface area contributed by atoms with Crippen LogP contribution in [0.2, 0.25) is 0 Å². The van der Waals surface area contributed by atoms with Crippen LogP contribution >= 0.6 is 0 Å². The second-order valence-electron chi connectivity index (χ2n) is 8.85. The number of benzene rings is 2. The van der Waals surface area contributed by atoms with Crippen LogP contribution in [0.3, 0.4) is 0 Å². The lowest BCUT2D eigenvalue weighted by Crippen LogP contribution is -2.48. The minimum Gasteiger partial charge on any atom is -0.497 e. The Labute approximate surface area is 191 Å². The topological polar surface area (TPSA) is 62.8 Å². The Morgan fingerprint density at radius 1 is 1.03 bits per heavy atom. The summed E-state index contributed by atoms with van der Waals surface area (Å²) in [4.78, 5) is 15.3. The largest absolute Gasteiger partial charge is 0.497 e. The van der Waals surface area contributed by atoms with E-state index < -0.39 is 0 Å². The molecule has 0 bridgehead atoms. The first-order valence-corrected chi connectivity index (χ1v) is 11.7. The Balaban J connectivity index is 1.38. The van der Waals surface area contributed by atoms with E-state index in [1.54, 1.807) is 7.11 Å². The predicted octanol–water partition coefficient (Wildman–Crippen LogP) is 3.88. The normalized spacial score (nSPS) is 19.3. The summed E-state index contributed by atoms with van der Waals surface area (Å²) < 4.78 is 10.9. The molecule has 2 N–H and O–H groups in total. The summed E-state index contributed by atoms with van der Waals surface area (Å²) in [7, 11) is 1.68. The molecular weight excluding hydrogens is 402 g/mol. The summed E-state index contributed by atoms with van der Waals surface area (Å²) >= 11 is 0. The van der Waals surface area contributed by atoms with Gasteiger partial charge in [0, 0.05) is 31.7 Å². The average molecular weight is 438 g/mol. The number of methoxy groups -OCH3 is 1. The van der Waals surface area contributed by atoms with Crippen LogP contribution in [0.15, 0.2) is 54.6 Å². The van der Waals surface area contributed by atoms with Gasteiger partial charge in [0.1, 0.15) is 5.75 Å². The summed E-state index contributed by atoms with van der Waals surface area (Å²) in [5, 5.41) is 6.30. The van der Waals surface area contributed by atoms with Crippen molar-refractivity contribution >= 4 is 6.03 Å². The van der Waals surface area contributed by atoms with E-state index in [0.29, 0.717) is 13.1 Å². The highest BCUT2D eigenvalue weighted by Crippen LogP contribution is 2.34. The number of nitrogens with one attached hydrogen (secondary N) is 2. The van der Waals surface area contributed by atoms with Gasteiger partial charge in [0.2, 0.25) is 0 Å². The maximum atomic E-state index is 12.8. The van der Waals surface area contributed by atoms with Crippen LogP contribution in [0, 0.1) is 0 Å². The van der Waals surface area contributed by atoms with E-state index in [1.807, 2.05) is 18.2 Å². The second kappa shape index (κ2) is 10.8. The van der Waals surface area contributed by atoms with Gasteiger partial charge in [-0.2, -0.15) is 0 Å². The fourth-order valence-electron chi connectivity index (χ4n) is 4.96. The van der Waals surface area contributed by atoms with Crippen LogP contribution < -0.4 is 15.4 Å². The molecular formula is C26H35N3O3. The first-order valence-electron chi connectivity index (χ1n) is 11.7. The van der Waals surface area contributed by atoms with Gasteiger partial charge in [-0.25, -0.2) is 4.79 Å². The van der Waals surface area contributed by atoms with Gasteiger partial charge in [0.25, 0.3) is 0 Å². The standard InChI is InChI=1S/C26H35N3O3/c1-31-23-11-9-21(10-12-23)24(29-15-5-6-16-29)19-27-25(30)28-20-26(13-17-32-18-14-26)22-7-3-2-4-8-22/h2-4,7-12,24H,5-6,13-20H2,1H3,(H2,27,28,30). The van der Waals surface area contributed by atoms with Gasteiger partial charge in [0.15, 0.2) is 0 Å². The highest BCUT2D eigenvalue weighted by Gasteiger charge is 2.35. The van der Waals surface area contributed by atoms with Crippen LogP contribution in [0.25, 0.3) is 0 Å². The van der Waals surface area contributed by atoms with E-state index in [2.05, 4.69) is 51.9 Å². The van der Waals surface area contributed by atoms with Crippen LogP contribution in [-0.2, 0) is 10.2 Å². The van der Waals surface area contributed by atoms with E-state index in [9.17, 15) is 4.79 Å². The van der Waals surface area contributed by atoms with Crippen molar-refractivity contribution in [1.29, 1.82) is 0 Å². The Hall–Kier alpha value is -2.57. The molecule has 2 heterocycles. The molecule has 172 valence electrons.